The van der Waals surface area contributed by atoms with Crippen molar-refractivity contribution in [2.24, 2.45) is 0 Å². The minimum atomic E-state index is -3.63. The molecule has 7 nitrogen and oxygen atoms in total. The summed E-state index contributed by atoms with van der Waals surface area (Å²) in [5.74, 6) is -0.0729. The number of amides is 1. The van der Waals surface area contributed by atoms with Crippen molar-refractivity contribution in [3.8, 4) is 0 Å². The molecule has 1 aromatic heterocycles. The molecule has 0 saturated carbocycles. The van der Waals surface area contributed by atoms with Gasteiger partial charge in [0.2, 0.25) is 10.0 Å². The largest absolute Gasteiger partial charge is 0.345 e. The minimum absolute atomic E-state index is 0.0729. The van der Waals surface area contributed by atoms with E-state index in [1.54, 1.807) is 35.6 Å². The molecule has 2 aliphatic rings. The van der Waals surface area contributed by atoms with Crippen molar-refractivity contribution in [2.75, 3.05) is 37.6 Å². The lowest BCUT2D eigenvalue weighted by Gasteiger charge is -2.34. The van der Waals surface area contributed by atoms with Crippen molar-refractivity contribution < 1.29 is 13.2 Å². The van der Waals surface area contributed by atoms with E-state index in [0.717, 1.165) is 16.2 Å². The monoisotopic (exact) mass is 546 g/mol. The van der Waals surface area contributed by atoms with Gasteiger partial charge in [0.15, 0.2) is 5.13 Å². The maximum atomic E-state index is 13.3. The Hall–Kier alpha value is -3.27. The Balaban J connectivity index is 1.11. The number of nitrogens with zero attached hydrogens (tertiary/aromatic N) is 4. The number of rotatable bonds is 4. The number of benzene rings is 3. The van der Waals surface area contributed by atoms with Crippen LogP contribution >= 0.6 is 11.3 Å². The molecule has 9 heteroatoms. The molecule has 2 aliphatic heterocycles. The van der Waals surface area contributed by atoms with Gasteiger partial charge in [-0.3, -0.25) is 4.79 Å². The molecule has 0 bridgehead atoms. The molecule has 196 valence electrons. The second-order valence-electron chi connectivity index (χ2n) is 10.1. The number of aryl methyl sites for hydroxylation is 2. The first-order valence-electron chi connectivity index (χ1n) is 12.9. The Kier molecular flexibility index (Phi) is 6.45. The average molecular weight is 547 g/mol. The fourth-order valence-corrected chi connectivity index (χ4v) is 7.98. The van der Waals surface area contributed by atoms with E-state index in [2.05, 4.69) is 36.9 Å². The molecule has 0 atom stereocenters. The van der Waals surface area contributed by atoms with Crippen molar-refractivity contribution in [3.63, 3.8) is 0 Å². The molecular formula is C29H30N4O3S2. The van der Waals surface area contributed by atoms with Crippen LogP contribution in [0, 0.1) is 13.8 Å². The van der Waals surface area contributed by atoms with Gasteiger partial charge in [-0.25, -0.2) is 13.4 Å². The third-order valence-corrected chi connectivity index (χ3v) is 10.4. The first kappa shape index (κ1) is 25.0. The van der Waals surface area contributed by atoms with Gasteiger partial charge in [0.05, 0.1) is 15.1 Å². The summed E-state index contributed by atoms with van der Waals surface area (Å²) in [6.45, 7) is 7.65. The Morgan fingerprint density at radius 2 is 1.61 bits per heavy atom. The van der Waals surface area contributed by atoms with E-state index < -0.39 is 10.0 Å². The van der Waals surface area contributed by atoms with Crippen molar-refractivity contribution in [2.45, 2.75) is 31.7 Å². The van der Waals surface area contributed by atoms with Gasteiger partial charge in [-0.05, 0) is 72.9 Å². The van der Waals surface area contributed by atoms with Crippen molar-refractivity contribution in [3.05, 3.63) is 88.5 Å². The second kappa shape index (κ2) is 9.80. The summed E-state index contributed by atoms with van der Waals surface area (Å²) >= 11 is 1.70. The van der Waals surface area contributed by atoms with Crippen molar-refractivity contribution in [1.82, 2.24) is 14.2 Å². The van der Waals surface area contributed by atoms with Crippen LogP contribution in [0.1, 0.15) is 32.6 Å². The maximum absolute atomic E-state index is 13.3. The zero-order chi connectivity index (χ0) is 26.4. The lowest BCUT2D eigenvalue weighted by molar-refractivity contribution is 0.0746. The molecule has 38 heavy (non-hydrogen) atoms. The highest BCUT2D eigenvalue weighted by molar-refractivity contribution is 7.89. The number of carbonyl (C=O) groups is 1. The third-order valence-electron chi connectivity index (χ3n) is 7.49. The highest BCUT2D eigenvalue weighted by Crippen LogP contribution is 2.32. The summed E-state index contributed by atoms with van der Waals surface area (Å²) < 4.78 is 29.3. The lowest BCUT2D eigenvalue weighted by atomic mass is 10.0. The number of carbonyl (C=O) groups excluding carboxylic acids is 1. The number of aromatic nitrogens is 1. The van der Waals surface area contributed by atoms with E-state index in [4.69, 9.17) is 4.98 Å². The van der Waals surface area contributed by atoms with E-state index in [9.17, 15) is 13.2 Å². The lowest BCUT2D eigenvalue weighted by Crippen LogP contribution is -2.48. The van der Waals surface area contributed by atoms with Crippen LogP contribution < -0.4 is 4.90 Å². The van der Waals surface area contributed by atoms with Crippen LogP contribution in [0.3, 0.4) is 0 Å². The van der Waals surface area contributed by atoms with E-state index in [1.807, 2.05) is 23.1 Å². The summed E-state index contributed by atoms with van der Waals surface area (Å²) in [4.78, 5) is 22.4. The van der Waals surface area contributed by atoms with E-state index >= 15 is 0 Å². The fourth-order valence-electron chi connectivity index (χ4n) is 5.37. The van der Waals surface area contributed by atoms with Gasteiger partial charge < -0.3 is 9.80 Å². The molecule has 6 rings (SSSR count). The maximum Gasteiger partial charge on any atom is 0.253 e. The molecule has 0 N–H and O–H groups in total. The Bertz CT molecular complexity index is 1620. The van der Waals surface area contributed by atoms with Gasteiger partial charge in [-0.1, -0.05) is 41.7 Å². The van der Waals surface area contributed by atoms with Gasteiger partial charge in [-0.2, -0.15) is 4.31 Å². The van der Waals surface area contributed by atoms with E-state index in [-0.39, 0.29) is 10.8 Å². The number of hydrogen-bond donors (Lipinski definition) is 0. The molecule has 1 saturated heterocycles. The van der Waals surface area contributed by atoms with E-state index in [1.165, 1.54) is 25.7 Å². The number of fused-ring (bicyclic) bond motifs is 2. The Morgan fingerprint density at radius 1 is 0.895 bits per heavy atom. The van der Waals surface area contributed by atoms with E-state index in [0.29, 0.717) is 51.3 Å². The van der Waals surface area contributed by atoms with Gasteiger partial charge in [0.25, 0.3) is 5.91 Å². The third kappa shape index (κ3) is 4.59. The number of piperazine rings is 1. The first-order valence-corrected chi connectivity index (χ1v) is 15.1. The van der Waals surface area contributed by atoms with Crippen LogP contribution in [0.15, 0.2) is 65.6 Å². The van der Waals surface area contributed by atoms with Crippen LogP contribution in [0.4, 0.5) is 5.13 Å². The van der Waals surface area contributed by atoms with Crippen molar-refractivity contribution in [1.29, 1.82) is 0 Å². The molecule has 1 fully saturated rings. The van der Waals surface area contributed by atoms with Gasteiger partial charge in [0.1, 0.15) is 0 Å². The molecule has 0 aliphatic carbocycles. The highest BCUT2D eigenvalue weighted by atomic mass is 32.2. The molecule has 3 aromatic carbocycles. The number of anilines is 1. The van der Waals surface area contributed by atoms with Crippen LogP contribution in [-0.4, -0.2) is 61.2 Å². The Labute approximate surface area is 227 Å². The quantitative estimate of drug-likeness (QED) is 0.373. The molecule has 4 aromatic rings. The first-order chi connectivity index (χ1) is 18.3. The van der Waals surface area contributed by atoms with Gasteiger partial charge in [0, 0.05) is 44.8 Å². The van der Waals surface area contributed by atoms with Gasteiger partial charge in [-0.15, -0.1) is 0 Å². The number of hydrogen-bond acceptors (Lipinski definition) is 6. The average Bonchev–Trinajstić information content (AvgIpc) is 3.37. The summed E-state index contributed by atoms with van der Waals surface area (Å²) in [6.07, 6.45) is 0.703. The van der Waals surface area contributed by atoms with Crippen LogP contribution in [0.2, 0.25) is 0 Å². The summed E-state index contributed by atoms with van der Waals surface area (Å²) in [6, 6.07) is 18.7. The SMILES string of the molecule is Cc1cc(C)c2nc(N3CCN(C(=O)c4ccc(S(=O)(=O)N5CCc6ccccc6C5)cc4)CC3)sc2c1. The molecule has 3 heterocycles. The normalized spacial score (nSPS) is 16.6. The molecular weight excluding hydrogens is 516 g/mol. The molecule has 0 unspecified atom stereocenters. The zero-order valence-electron chi connectivity index (χ0n) is 21.6. The van der Waals surface area contributed by atoms with Gasteiger partial charge >= 0.3 is 0 Å². The summed E-state index contributed by atoms with van der Waals surface area (Å²) in [7, 11) is -3.63. The predicted molar refractivity (Wildman–Crippen MR) is 151 cm³/mol. The number of sulfonamides is 1. The molecule has 0 spiro atoms. The molecule has 0 radical (unpaired) electrons. The summed E-state index contributed by atoms with van der Waals surface area (Å²) in [5, 5.41) is 0.996. The minimum Gasteiger partial charge on any atom is -0.345 e. The smallest absolute Gasteiger partial charge is 0.253 e. The van der Waals surface area contributed by atoms with Crippen LogP contribution in [0.25, 0.3) is 10.2 Å². The van der Waals surface area contributed by atoms with Crippen LogP contribution in [-0.2, 0) is 23.0 Å². The standard InChI is InChI=1S/C29H30N4O3S2/c1-20-17-21(2)27-26(18-20)37-29(30-27)32-15-13-31(14-16-32)28(34)23-7-9-25(10-8-23)38(35,36)33-12-11-22-5-3-4-6-24(22)19-33/h3-10,17-18H,11-16,19H2,1-2H3. The second-order valence-corrected chi connectivity index (χ2v) is 13.0. The topological polar surface area (TPSA) is 73.8 Å². The molecule has 1 amide bonds. The van der Waals surface area contributed by atoms with Crippen LogP contribution in [0.5, 0.6) is 0 Å². The highest BCUT2D eigenvalue weighted by Gasteiger charge is 2.29. The Morgan fingerprint density at radius 3 is 2.34 bits per heavy atom. The zero-order valence-corrected chi connectivity index (χ0v) is 23.2. The summed E-state index contributed by atoms with van der Waals surface area (Å²) in [5.41, 5.74) is 6.23. The fraction of sp³-hybridized carbons (Fsp3) is 0.310. The predicted octanol–water partition coefficient (Wildman–Crippen LogP) is 4.62. The van der Waals surface area contributed by atoms with Crippen molar-refractivity contribution >= 4 is 42.6 Å². The number of thiazole rings is 1.